The molecule has 0 atom stereocenters. The molecule has 2 aromatic rings. The average molecular weight is 242 g/mol. The monoisotopic (exact) mass is 241 g/mol. The quantitative estimate of drug-likeness (QED) is 0.721. The second-order valence-electron chi connectivity index (χ2n) is 3.05. The molecule has 2 rings (SSSR count). The fourth-order valence-corrected chi connectivity index (χ4v) is 2.53. The van der Waals surface area contributed by atoms with Crippen molar-refractivity contribution in [3.63, 3.8) is 0 Å². The highest BCUT2D eigenvalue weighted by Gasteiger charge is 2.09. The first-order valence-corrected chi connectivity index (χ1v) is 5.92. The second-order valence-corrected chi connectivity index (χ2v) is 4.80. The first kappa shape index (κ1) is 10.4. The predicted molar refractivity (Wildman–Crippen MR) is 56.9 cm³/mol. The number of benzene rings is 2. The lowest BCUT2D eigenvalue weighted by atomic mass is 10.1. The van der Waals surface area contributed by atoms with Gasteiger partial charge in [0.15, 0.2) is 0 Å². The minimum atomic E-state index is -4.49. The Kier molecular flexibility index (Phi) is 2.42. The van der Waals surface area contributed by atoms with E-state index < -0.39 is 10.1 Å². The third-order valence-electron chi connectivity index (χ3n) is 2.08. The highest BCUT2D eigenvalue weighted by molar-refractivity contribution is 7.86. The molecule has 0 bridgehead atoms. The summed E-state index contributed by atoms with van der Waals surface area (Å²) < 4.78 is 33.0. The van der Waals surface area contributed by atoms with Crippen molar-refractivity contribution in [3.05, 3.63) is 41.4 Å². The number of hydrogen-bond donors (Lipinski definition) is 0. The third-order valence-corrected chi connectivity index (χ3v) is 3.28. The van der Waals surface area contributed by atoms with Crippen LogP contribution in [0.1, 0.15) is 0 Å². The van der Waals surface area contributed by atoms with Gasteiger partial charge in [-0.3, -0.25) is 0 Å². The Hall–Kier alpha value is -1.10. The molecule has 0 spiro atoms. The molecule has 0 saturated carbocycles. The highest BCUT2D eigenvalue weighted by atomic mass is 35.5. The highest BCUT2D eigenvalue weighted by Crippen LogP contribution is 2.29. The van der Waals surface area contributed by atoms with Gasteiger partial charge in [-0.25, -0.2) is 8.42 Å². The molecule has 0 heterocycles. The first-order valence-electron chi connectivity index (χ1n) is 4.13. The summed E-state index contributed by atoms with van der Waals surface area (Å²) in [6.45, 7) is 0. The fourth-order valence-electron chi connectivity index (χ4n) is 1.47. The predicted octanol–water partition coefficient (Wildman–Crippen LogP) is 2.40. The van der Waals surface area contributed by atoms with E-state index in [-0.39, 0.29) is 15.3 Å². The second kappa shape index (κ2) is 3.48. The van der Waals surface area contributed by atoms with Crippen molar-refractivity contribution in [1.82, 2.24) is 0 Å². The van der Waals surface area contributed by atoms with Gasteiger partial charge in [-0.2, -0.15) is 0 Å². The summed E-state index contributed by atoms with van der Waals surface area (Å²) in [6.07, 6.45) is 0. The lowest BCUT2D eigenvalue weighted by molar-refractivity contribution is 0.464. The Morgan fingerprint density at radius 1 is 1.07 bits per heavy atom. The van der Waals surface area contributed by atoms with Crippen molar-refractivity contribution < 1.29 is 13.0 Å². The molecule has 15 heavy (non-hydrogen) atoms. The molecule has 0 unspecified atom stereocenters. The summed E-state index contributed by atoms with van der Waals surface area (Å²) in [5, 5.41) is 1.19. The smallest absolute Gasteiger partial charge is 0.125 e. The average Bonchev–Trinajstić information content (AvgIpc) is 2.16. The van der Waals surface area contributed by atoms with E-state index in [0.717, 1.165) is 0 Å². The van der Waals surface area contributed by atoms with Gasteiger partial charge >= 0.3 is 0 Å². The van der Waals surface area contributed by atoms with Crippen LogP contribution < -0.4 is 0 Å². The van der Waals surface area contributed by atoms with Gasteiger partial charge in [0.2, 0.25) is 0 Å². The van der Waals surface area contributed by atoms with Crippen LogP contribution in [-0.2, 0) is 10.1 Å². The van der Waals surface area contributed by atoms with Crippen molar-refractivity contribution in [1.29, 1.82) is 0 Å². The Labute approximate surface area is 92.0 Å². The maximum absolute atomic E-state index is 11.0. The molecule has 2 aromatic carbocycles. The van der Waals surface area contributed by atoms with Crippen LogP contribution in [0, 0.1) is 0 Å². The van der Waals surface area contributed by atoms with Crippen molar-refractivity contribution in [3.8, 4) is 0 Å². The van der Waals surface area contributed by atoms with Crippen molar-refractivity contribution in [2.75, 3.05) is 0 Å². The van der Waals surface area contributed by atoms with Crippen molar-refractivity contribution >= 4 is 32.5 Å². The molecule has 0 amide bonds. The van der Waals surface area contributed by atoms with Crippen molar-refractivity contribution in [2.45, 2.75) is 4.90 Å². The lowest BCUT2D eigenvalue weighted by Crippen LogP contribution is -1.99. The zero-order valence-corrected chi connectivity index (χ0v) is 9.05. The number of rotatable bonds is 1. The lowest BCUT2D eigenvalue weighted by Gasteiger charge is -2.11. The molecule has 3 nitrogen and oxygen atoms in total. The Balaban J connectivity index is 2.99. The molecule has 0 saturated heterocycles. The third kappa shape index (κ3) is 1.84. The van der Waals surface area contributed by atoms with Gasteiger partial charge in [0.1, 0.15) is 10.1 Å². The van der Waals surface area contributed by atoms with Gasteiger partial charge in [-0.05, 0) is 17.5 Å². The fraction of sp³-hybridized carbons (Fsp3) is 0. The van der Waals surface area contributed by atoms with E-state index in [1.165, 1.54) is 12.1 Å². The zero-order valence-electron chi connectivity index (χ0n) is 7.48. The van der Waals surface area contributed by atoms with Crippen LogP contribution in [0.25, 0.3) is 10.8 Å². The summed E-state index contributed by atoms with van der Waals surface area (Å²) in [5.74, 6) is 0. The Bertz CT molecular complexity index is 614. The topological polar surface area (TPSA) is 57.2 Å². The van der Waals surface area contributed by atoms with Gasteiger partial charge in [0.05, 0.1) is 4.90 Å². The standard InChI is InChI=1S/C10H7ClO3S/c11-8-5-1-3-7-4-2-6-9(10(7)8)15(12,13)14/h1-6H,(H,12,13,14)/p-1. The molecule has 0 aromatic heterocycles. The van der Waals surface area contributed by atoms with Crippen LogP contribution in [0.15, 0.2) is 41.3 Å². The number of fused-ring (bicyclic) bond motifs is 1. The Morgan fingerprint density at radius 2 is 1.67 bits per heavy atom. The zero-order chi connectivity index (χ0) is 11.1. The van der Waals surface area contributed by atoms with Gasteiger partial charge in [-0.1, -0.05) is 35.9 Å². The summed E-state index contributed by atoms with van der Waals surface area (Å²) in [4.78, 5) is -0.273. The maximum atomic E-state index is 11.0. The maximum Gasteiger partial charge on any atom is 0.125 e. The molecular formula is C10H6ClO3S-. The minimum Gasteiger partial charge on any atom is -0.744 e. The van der Waals surface area contributed by atoms with E-state index >= 15 is 0 Å². The van der Waals surface area contributed by atoms with Crippen LogP contribution >= 0.6 is 11.6 Å². The van der Waals surface area contributed by atoms with Crippen LogP contribution in [-0.4, -0.2) is 13.0 Å². The molecule has 5 heteroatoms. The van der Waals surface area contributed by atoms with E-state index in [2.05, 4.69) is 0 Å². The molecule has 0 radical (unpaired) electrons. The first-order chi connectivity index (χ1) is 7.00. The number of hydrogen-bond acceptors (Lipinski definition) is 3. The Morgan fingerprint density at radius 3 is 2.27 bits per heavy atom. The van der Waals surface area contributed by atoms with E-state index in [0.29, 0.717) is 5.39 Å². The van der Waals surface area contributed by atoms with E-state index in [1.807, 2.05) is 0 Å². The molecular weight excluding hydrogens is 236 g/mol. The SMILES string of the molecule is O=S(=O)([O-])c1cccc2cccc(Cl)c12. The molecule has 78 valence electrons. The van der Waals surface area contributed by atoms with E-state index in [9.17, 15) is 13.0 Å². The van der Waals surface area contributed by atoms with Crippen LogP contribution in [0.5, 0.6) is 0 Å². The summed E-state index contributed by atoms with van der Waals surface area (Å²) in [7, 11) is -4.49. The van der Waals surface area contributed by atoms with Gasteiger partial charge < -0.3 is 4.55 Å². The minimum absolute atomic E-state index is 0.266. The normalized spacial score (nSPS) is 11.9. The molecule has 0 aliphatic carbocycles. The molecule has 0 aliphatic rings. The van der Waals surface area contributed by atoms with Gasteiger partial charge in [0, 0.05) is 10.4 Å². The van der Waals surface area contributed by atoms with Gasteiger partial charge in [0.25, 0.3) is 0 Å². The van der Waals surface area contributed by atoms with Crippen LogP contribution in [0.4, 0.5) is 0 Å². The van der Waals surface area contributed by atoms with Gasteiger partial charge in [-0.15, -0.1) is 0 Å². The molecule has 0 N–H and O–H groups in total. The van der Waals surface area contributed by atoms with E-state index in [4.69, 9.17) is 11.6 Å². The summed E-state index contributed by atoms with van der Waals surface area (Å²) >= 11 is 5.86. The van der Waals surface area contributed by atoms with Crippen LogP contribution in [0.3, 0.4) is 0 Å². The summed E-state index contributed by atoms with van der Waals surface area (Å²) in [5.41, 5.74) is 0. The molecule has 0 aliphatic heterocycles. The van der Waals surface area contributed by atoms with Crippen LogP contribution in [0.2, 0.25) is 5.02 Å². The number of halogens is 1. The summed E-state index contributed by atoms with van der Waals surface area (Å²) in [6, 6.07) is 9.44. The molecule has 0 fully saturated rings. The van der Waals surface area contributed by atoms with Crippen molar-refractivity contribution in [2.24, 2.45) is 0 Å². The largest absolute Gasteiger partial charge is 0.744 e. The van der Waals surface area contributed by atoms with E-state index in [1.54, 1.807) is 24.3 Å².